The molecule has 2 saturated heterocycles. The van der Waals surface area contributed by atoms with E-state index in [0.29, 0.717) is 36.1 Å². The third kappa shape index (κ3) is 6.34. The van der Waals surface area contributed by atoms with Crippen LogP contribution < -0.4 is 10.2 Å². The lowest BCUT2D eigenvalue weighted by Gasteiger charge is -2.34. The van der Waals surface area contributed by atoms with Crippen LogP contribution in [0.4, 0.5) is 29.7 Å². The molecule has 9 nitrogen and oxygen atoms in total. The van der Waals surface area contributed by atoms with Crippen molar-refractivity contribution in [3.05, 3.63) is 30.1 Å². The van der Waals surface area contributed by atoms with Gasteiger partial charge in [0.15, 0.2) is 0 Å². The number of aromatic amines is 1. The molecule has 210 valence electrons. The van der Waals surface area contributed by atoms with Gasteiger partial charge in [-0.15, -0.1) is 0 Å². The number of alkyl halides is 3. The minimum atomic E-state index is -4.64. The molecule has 0 saturated carbocycles. The van der Waals surface area contributed by atoms with E-state index in [1.807, 2.05) is 17.8 Å². The number of hydrogen-bond donors (Lipinski definition) is 2. The zero-order chi connectivity index (χ0) is 27.8. The number of hydrogen-bond acceptors (Lipinski definition) is 8. The van der Waals surface area contributed by atoms with E-state index in [4.69, 9.17) is 4.74 Å². The molecule has 2 aliphatic rings. The van der Waals surface area contributed by atoms with Crippen molar-refractivity contribution in [2.24, 2.45) is 0 Å². The van der Waals surface area contributed by atoms with E-state index in [9.17, 15) is 18.0 Å². The highest BCUT2D eigenvalue weighted by Gasteiger charge is 2.36. The molecule has 0 radical (unpaired) electrons. The van der Waals surface area contributed by atoms with Crippen LogP contribution in [-0.4, -0.2) is 80.3 Å². The number of likely N-dealkylation sites (tertiary alicyclic amines) is 1. The first kappa shape index (κ1) is 27.4. The normalized spacial score (nSPS) is 18.9. The fourth-order valence-electron chi connectivity index (χ4n) is 4.79. The number of aromatic nitrogens is 4. The van der Waals surface area contributed by atoms with Crippen LogP contribution in [0.25, 0.3) is 22.3 Å². The standard InChI is InChI=1S/C26H32F3N7O2S/c1-25(2,3)38-24(37)36-8-4-5-16(15-36)32-23-31-14-19(26(27,28)29)21(34-23)18-13-30-22-17(18)6-7-20(33-22)35-9-11-39-12-10-35/h6-7,13-14,16H,4-5,8-12,15H2,1-3H3,(H,30,33)(H,31,32,34). The number of nitrogens with one attached hydrogen (secondary N) is 2. The molecule has 1 amide bonds. The number of ether oxygens (including phenoxy) is 1. The van der Waals surface area contributed by atoms with Gasteiger partial charge in [0.25, 0.3) is 0 Å². The Morgan fingerprint density at radius 2 is 1.92 bits per heavy atom. The Bertz CT molecular complexity index is 1340. The topological polar surface area (TPSA) is 99.3 Å². The van der Waals surface area contributed by atoms with Crippen molar-refractivity contribution in [2.75, 3.05) is 47.9 Å². The first-order valence-electron chi connectivity index (χ1n) is 13.0. The second-order valence-corrected chi connectivity index (χ2v) is 12.0. The molecule has 2 aliphatic heterocycles. The summed E-state index contributed by atoms with van der Waals surface area (Å²) in [4.78, 5) is 32.3. The largest absolute Gasteiger partial charge is 0.444 e. The van der Waals surface area contributed by atoms with Gasteiger partial charge in [0.05, 0.1) is 5.69 Å². The van der Waals surface area contributed by atoms with E-state index < -0.39 is 23.4 Å². The Morgan fingerprint density at radius 1 is 1.15 bits per heavy atom. The quantitative estimate of drug-likeness (QED) is 0.435. The van der Waals surface area contributed by atoms with E-state index >= 15 is 0 Å². The van der Waals surface area contributed by atoms with E-state index in [1.54, 1.807) is 31.7 Å². The van der Waals surface area contributed by atoms with Crippen molar-refractivity contribution in [1.82, 2.24) is 24.8 Å². The average molecular weight is 564 g/mol. The molecule has 5 rings (SSSR count). The van der Waals surface area contributed by atoms with Gasteiger partial charge < -0.3 is 24.8 Å². The maximum Gasteiger partial charge on any atom is 0.419 e. The summed E-state index contributed by atoms with van der Waals surface area (Å²) < 4.78 is 47.5. The van der Waals surface area contributed by atoms with Crippen LogP contribution in [-0.2, 0) is 10.9 Å². The lowest BCUT2D eigenvalue weighted by molar-refractivity contribution is -0.137. The number of amides is 1. The zero-order valence-corrected chi connectivity index (χ0v) is 23.0. The van der Waals surface area contributed by atoms with Gasteiger partial charge in [-0.1, -0.05) is 0 Å². The van der Waals surface area contributed by atoms with Crippen LogP contribution in [0.1, 0.15) is 39.2 Å². The van der Waals surface area contributed by atoms with Crippen molar-refractivity contribution >= 4 is 40.7 Å². The molecule has 2 N–H and O–H groups in total. The van der Waals surface area contributed by atoms with Gasteiger partial charge in [-0.25, -0.2) is 19.7 Å². The molecule has 3 aromatic heterocycles. The molecule has 3 aromatic rings. The lowest BCUT2D eigenvalue weighted by Crippen LogP contribution is -2.47. The van der Waals surface area contributed by atoms with Gasteiger partial charge in [0.1, 0.15) is 22.6 Å². The Kier molecular flexibility index (Phi) is 7.53. The number of nitrogens with zero attached hydrogens (tertiary/aromatic N) is 5. The van der Waals surface area contributed by atoms with Crippen LogP contribution in [0.15, 0.2) is 24.5 Å². The van der Waals surface area contributed by atoms with Crippen LogP contribution in [0.2, 0.25) is 0 Å². The minimum Gasteiger partial charge on any atom is -0.444 e. The first-order valence-corrected chi connectivity index (χ1v) is 14.1. The van der Waals surface area contributed by atoms with Gasteiger partial charge >= 0.3 is 12.3 Å². The minimum absolute atomic E-state index is 0.0683. The van der Waals surface area contributed by atoms with Gasteiger partial charge in [-0.3, -0.25) is 0 Å². The molecule has 0 spiro atoms. The lowest BCUT2D eigenvalue weighted by atomic mass is 10.1. The number of carbonyl (C=O) groups excluding carboxylic acids is 1. The number of rotatable bonds is 4. The smallest absolute Gasteiger partial charge is 0.419 e. The number of halogens is 3. The van der Waals surface area contributed by atoms with Crippen molar-refractivity contribution in [2.45, 2.75) is 51.4 Å². The Hall–Kier alpha value is -3.22. The van der Waals surface area contributed by atoms with Crippen molar-refractivity contribution < 1.29 is 22.7 Å². The number of carbonyl (C=O) groups is 1. The predicted molar refractivity (Wildman–Crippen MR) is 146 cm³/mol. The average Bonchev–Trinajstić information content (AvgIpc) is 3.31. The third-order valence-corrected chi connectivity index (χ3v) is 7.56. The van der Waals surface area contributed by atoms with Crippen molar-refractivity contribution in [3.8, 4) is 11.3 Å². The monoisotopic (exact) mass is 563 g/mol. The number of fused-ring (bicyclic) bond motifs is 1. The van der Waals surface area contributed by atoms with E-state index in [2.05, 4.69) is 30.2 Å². The summed E-state index contributed by atoms with van der Waals surface area (Å²) in [6, 6.07) is 3.41. The van der Waals surface area contributed by atoms with E-state index in [1.165, 1.54) is 6.20 Å². The first-order chi connectivity index (χ1) is 18.5. The number of piperidine rings is 1. The highest BCUT2D eigenvalue weighted by molar-refractivity contribution is 7.99. The Balaban J connectivity index is 1.41. The van der Waals surface area contributed by atoms with Gasteiger partial charge in [0.2, 0.25) is 5.95 Å². The van der Waals surface area contributed by atoms with Crippen LogP contribution in [0.5, 0.6) is 0 Å². The summed E-state index contributed by atoms with van der Waals surface area (Å²) in [5, 5.41) is 3.69. The maximum atomic E-state index is 14.0. The Labute approximate surface area is 228 Å². The van der Waals surface area contributed by atoms with Crippen molar-refractivity contribution in [3.63, 3.8) is 0 Å². The fraction of sp³-hybridized carbons (Fsp3) is 0.538. The molecule has 5 heterocycles. The van der Waals surface area contributed by atoms with Gasteiger partial charge in [0, 0.05) is 67.1 Å². The number of anilines is 2. The number of pyridine rings is 1. The third-order valence-electron chi connectivity index (χ3n) is 6.61. The summed E-state index contributed by atoms with van der Waals surface area (Å²) in [7, 11) is 0. The highest BCUT2D eigenvalue weighted by atomic mass is 32.2. The number of H-pyrrole nitrogens is 1. The molecule has 1 unspecified atom stereocenters. The predicted octanol–water partition coefficient (Wildman–Crippen LogP) is 5.40. The summed E-state index contributed by atoms with van der Waals surface area (Å²) in [6.07, 6.45) is -1.30. The van der Waals surface area contributed by atoms with Crippen LogP contribution in [0.3, 0.4) is 0 Å². The maximum absolute atomic E-state index is 14.0. The van der Waals surface area contributed by atoms with Gasteiger partial charge in [-0.05, 0) is 45.7 Å². The Morgan fingerprint density at radius 3 is 2.64 bits per heavy atom. The summed E-state index contributed by atoms with van der Waals surface area (Å²) in [6.45, 7) is 8.04. The fourth-order valence-corrected chi connectivity index (χ4v) is 5.70. The molecule has 0 bridgehead atoms. The molecule has 0 aliphatic carbocycles. The molecule has 0 aromatic carbocycles. The van der Waals surface area contributed by atoms with E-state index in [0.717, 1.165) is 43.0 Å². The SMILES string of the molecule is CC(C)(C)OC(=O)N1CCCC(Nc2ncc(C(F)(F)F)c(-c3c[nH]c4nc(N5CCSCC5)ccc34)n2)C1. The second kappa shape index (κ2) is 10.7. The molecule has 2 fully saturated rings. The molecule has 39 heavy (non-hydrogen) atoms. The number of thioether (sulfide) groups is 1. The van der Waals surface area contributed by atoms with Crippen LogP contribution >= 0.6 is 11.8 Å². The molecule has 1 atom stereocenters. The van der Waals surface area contributed by atoms with Crippen molar-refractivity contribution in [1.29, 1.82) is 0 Å². The second-order valence-electron chi connectivity index (χ2n) is 10.7. The molecular formula is C26H32F3N7O2S. The van der Waals surface area contributed by atoms with Gasteiger partial charge in [-0.2, -0.15) is 24.9 Å². The van der Waals surface area contributed by atoms with E-state index in [-0.39, 0.29) is 17.7 Å². The summed E-state index contributed by atoms with van der Waals surface area (Å²) >= 11 is 1.89. The molecule has 13 heteroatoms. The zero-order valence-electron chi connectivity index (χ0n) is 22.1. The summed E-state index contributed by atoms with van der Waals surface area (Å²) in [5.41, 5.74) is -0.970. The highest BCUT2D eigenvalue weighted by Crippen LogP contribution is 2.39. The summed E-state index contributed by atoms with van der Waals surface area (Å²) in [5.74, 6) is 2.89. The molecular weight excluding hydrogens is 531 g/mol. The van der Waals surface area contributed by atoms with Crippen LogP contribution in [0, 0.1) is 0 Å².